The molecule has 1 atom stereocenters. The van der Waals surface area contributed by atoms with Crippen molar-refractivity contribution in [3.05, 3.63) is 41.5 Å². The predicted octanol–water partition coefficient (Wildman–Crippen LogP) is 3.19. The minimum Gasteiger partial charge on any atom is -0.0728 e. The molecule has 0 bridgehead atoms. The SMILES string of the molecule is I[C@H]1C=Cc2ccccc21. The normalized spacial score (nSPS) is 21.1. The standard InChI is InChI=1S/C9H7I/c10-9-6-5-7-3-1-2-4-8(7)9/h1-6,9H/t9-/m0/s1. The highest BCUT2D eigenvalue weighted by Gasteiger charge is 2.11. The average molecular weight is 242 g/mol. The van der Waals surface area contributed by atoms with E-state index in [2.05, 4.69) is 59.0 Å². The molecular formula is C9H7I. The Morgan fingerprint density at radius 3 is 2.80 bits per heavy atom. The Balaban J connectivity index is 2.59. The lowest BCUT2D eigenvalue weighted by molar-refractivity contribution is 1.32. The lowest BCUT2D eigenvalue weighted by atomic mass is 10.1. The van der Waals surface area contributed by atoms with Gasteiger partial charge in [0.05, 0.1) is 3.92 Å². The molecule has 0 amide bonds. The summed E-state index contributed by atoms with van der Waals surface area (Å²) in [5.41, 5.74) is 2.82. The van der Waals surface area contributed by atoms with Crippen molar-refractivity contribution in [2.45, 2.75) is 3.92 Å². The van der Waals surface area contributed by atoms with Gasteiger partial charge in [-0.1, -0.05) is 59.0 Å². The molecule has 0 heterocycles. The molecule has 1 aliphatic rings. The summed E-state index contributed by atoms with van der Waals surface area (Å²) >= 11 is 2.44. The fourth-order valence-electron chi connectivity index (χ4n) is 1.21. The van der Waals surface area contributed by atoms with Crippen LogP contribution in [0, 0.1) is 0 Å². The minimum absolute atomic E-state index is 0.591. The number of rotatable bonds is 0. The molecule has 10 heavy (non-hydrogen) atoms. The molecule has 50 valence electrons. The summed E-state index contributed by atoms with van der Waals surface area (Å²) in [6.07, 6.45) is 4.41. The van der Waals surface area contributed by atoms with Crippen molar-refractivity contribution in [3.63, 3.8) is 0 Å². The van der Waals surface area contributed by atoms with Crippen LogP contribution in [0.3, 0.4) is 0 Å². The van der Waals surface area contributed by atoms with Gasteiger partial charge in [0, 0.05) is 0 Å². The maximum absolute atomic E-state index is 2.44. The third kappa shape index (κ3) is 0.888. The van der Waals surface area contributed by atoms with Crippen LogP contribution in [0.2, 0.25) is 0 Å². The predicted molar refractivity (Wildman–Crippen MR) is 52.2 cm³/mol. The smallest absolute Gasteiger partial charge is 0.0548 e. The van der Waals surface area contributed by atoms with Crippen molar-refractivity contribution in [2.24, 2.45) is 0 Å². The van der Waals surface area contributed by atoms with Crippen molar-refractivity contribution >= 4 is 28.7 Å². The number of fused-ring (bicyclic) bond motifs is 1. The molecule has 1 aromatic rings. The topological polar surface area (TPSA) is 0 Å². The highest BCUT2D eigenvalue weighted by atomic mass is 127. The lowest BCUT2D eigenvalue weighted by Crippen LogP contribution is -1.80. The zero-order chi connectivity index (χ0) is 6.97. The number of hydrogen-bond donors (Lipinski definition) is 0. The first-order valence-corrected chi connectivity index (χ1v) is 4.54. The third-order valence-electron chi connectivity index (χ3n) is 1.74. The van der Waals surface area contributed by atoms with Gasteiger partial charge in [-0.2, -0.15) is 0 Å². The van der Waals surface area contributed by atoms with Crippen molar-refractivity contribution in [2.75, 3.05) is 0 Å². The first kappa shape index (κ1) is 6.40. The van der Waals surface area contributed by atoms with E-state index in [1.807, 2.05) is 0 Å². The summed E-state index contributed by atoms with van der Waals surface area (Å²) in [4.78, 5) is 0. The van der Waals surface area contributed by atoms with Gasteiger partial charge in [0.25, 0.3) is 0 Å². The molecule has 0 saturated heterocycles. The number of alkyl halides is 1. The Morgan fingerprint density at radius 1 is 1.20 bits per heavy atom. The zero-order valence-electron chi connectivity index (χ0n) is 5.42. The van der Waals surface area contributed by atoms with E-state index < -0.39 is 0 Å². The van der Waals surface area contributed by atoms with Crippen LogP contribution < -0.4 is 0 Å². The van der Waals surface area contributed by atoms with E-state index >= 15 is 0 Å². The summed E-state index contributed by atoms with van der Waals surface area (Å²) in [7, 11) is 0. The monoisotopic (exact) mass is 242 g/mol. The Kier molecular flexibility index (Phi) is 1.52. The van der Waals surface area contributed by atoms with Crippen LogP contribution in [-0.2, 0) is 0 Å². The van der Waals surface area contributed by atoms with Crippen LogP contribution in [0.15, 0.2) is 30.3 Å². The Labute approximate surface area is 74.1 Å². The van der Waals surface area contributed by atoms with Crippen LogP contribution >= 0.6 is 22.6 Å². The summed E-state index contributed by atoms with van der Waals surface area (Å²) in [5.74, 6) is 0. The van der Waals surface area contributed by atoms with Crippen molar-refractivity contribution in [3.8, 4) is 0 Å². The molecule has 0 aliphatic heterocycles. The molecule has 0 saturated carbocycles. The molecule has 0 N–H and O–H groups in total. The Morgan fingerprint density at radius 2 is 2.00 bits per heavy atom. The molecule has 0 nitrogen and oxygen atoms in total. The maximum atomic E-state index is 2.44. The van der Waals surface area contributed by atoms with E-state index in [1.54, 1.807) is 0 Å². The number of allylic oxidation sites excluding steroid dienone is 1. The average Bonchev–Trinajstić information content (AvgIpc) is 2.34. The first-order chi connectivity index (χ1) is 4.88. The molecule has 2 rings (SSSR count). The Hall–Kier alpha value is -0.310. The second-order valence-corrected chi connectivity index (χ2v) is 3.73. The van der Waals surface area contributed by atoms with E-state index in [1.165, 1.54) is 11.1 Å². The van der Waals surface area contributed by atoms with E-state index in [0.29, 0.717) is 3.92 Å². The van der Waals surface area contributed by atoms with Gasteiger partial charge in [-0.25, -0.2) is 0 Å². The van der Waals surface area contributed by atoms with Gasteiger partial charge in [0.15, 0.2) is 0 Å². The van der Waals surface area contributed by atoms with Crippen LogP contribution in [0.1, 0.15) is 15.1 Å². The number of hydrogen-bond acceptors (Lipinski definition) is 0. The van der Waals surface area contributed by atoms with Gasteiger partial charge in [-0.3, -0.25) is 0 Å². The molecule has 0 unspecified atom stereocenters. The minimum atomic E-state index is 0.591. The van der Waals surface area contributed by atoms with E-state index in [9.17, 15) is 0 Å². The van der Waals surface area contributed by atoms with Crippen molar-refractivity contribution < 1.29 is 0 Å². The molecule has 1 heteroatoms. The highest BCUT2D eigenvalue weighted by molar-refractivity contribution is 14.1. The zero-order valence-corrected chi connectivity index (χ0v) is 7.58. The van der Waals surface area contributed by atoms with Crippen molar-refractivity contribution in [1.29, 1.82) is 0 Å². The molecular weight excluding hydrogens is 235 g/mol. The third-order valence-corrected chi connectivity index (χ3v) is 2.82. The fraction of sp³-hybridized carbons (Fsp3) is 0.111. The van der Waals surface area contributed by atoms with E-state index in [0.717, 1.165) is 0 Å². The Bertz CT molecular complexity index is 276. The van der Waals surface area contributed by atoms with Crippen LogP contribution in [-0.4, -0.2) is 0 Å². The summed E-state index contributed by atoms with van der Waals surface area (Å²) in [6, 6.07) is 8.52. The number of halogens is 1. The van der Waals surface area contributed by atoms with Crippen molar-refractivity contribution in [1.82, 2.24) is 0 Å². The van der Waals surface area contributed by atoms with Gasteiger partial charge in [-0.15, -0.1) is 0 Å². The van der Waals surface area contributed by atoms with Gasteiger partial charge >= 0.3 is 0 Å². The highest BCUT2D eigenvalue weighted by Crippen LogP contribution is 2.34. The van der Waals surface area contributed by atoms with E-state index in [-0.39, 0.29) is 0 Å². The lowest BCUT2D eigenvalue weighted by Gasteiger charge is -1.99. The molecule has 1 aromatic carbocycles. The van der Waals surface area contributed by atoms with Gasteiger partial charge in [0.1, 0.15) is 0 Å². The molecule has 0 spiro atoms. The molecule has 1 aliphatic carbocycles. The summed E-state index contributed by atoms with van der Waals surface area (Å²) < 4.78 is 0.591. The maximum Gasteiger partial charge on any atom is 0.0548 e. The molecule has 0 aromatic heterocycles. The fourth-order valence-corrected chi connectivity index (χ4v) is 1.98. The second-order valence-electron chi connectivity index (χ2n) is 2.39. The quantitative estimate of drug-likeness (QED) is 0.484. The largest absolute Gasteiger partial charge is 0.0728 e. The summed E-state index contributed by atoms with van der Waals surface area (Å²) in [6.45, 7) is 0. The van der Waals surface area contributed by atoms with Gasteiger partial charge in [0.2, 0.25) is 0 Å². The molecule has 0 radical (unpaired) electrons. The second kappa shape index (κ2) is 2.38. The van der Waals surface area contributed by atoms with E-state index in [4.69, 9.17) is 0 Å². The van der Waals surface area contributed by atoms with Crippen LogP contribution in [0.4, 0.5) is 0 Å². The van der Waals surface area contributed by atoms with Crippen LogP contribution in [0.5, 0.6) is 0 Å². The first-order valence-electron chi connectivity index (χ1n) is 3.29. The van der Waals surface area contributed by atoms with Gasteiger partial charge in [-0.05, 0) is 11.1 Å². The summed E-state index contributed by atoms with van der Waals surface area (Å²) in [5, 5.41) is 0. The van der Waals surface area contributed by atoms with Gasteiger partial charge < -0.3 is 0 Å². The number of benzene rings is 1. The molecule has 0 fully saturated rings. The van der Waals surface area contributed by atoms with Crippen LogP contribution in [0.25, 0.3) is 6.08 Å².